The molecule has 8 heteroatoms. The summed E-state index contributed by atoms with van der Waals surface area (Å²) >= 11 is 0. The fourth-order valence-electron chi connectivity index (χ4n) is 2.01. The Morgan fingerprint density at radius 3 is 2.74 bits per heavy atom. The van der Waals surface area contributed by atoms with Gasteiger partial charge in [-0.3, -0.25) is 14.9 Å². The van der Waals surface area contributed by atoms with Crippen LogP contribution in [0.3, 0.4) is 0 Å². The first kappa shape index (κ1) is 14.5. The molecule has 0 aliphatic carbocycles. The number of hydrazone groups is 1. The predicted molar refractivity (Wildman–Crippen MR) is 80.7 cm³/mol. The highest BCUT2D eigenvalue weighted by Gasteiger charge is 2.16. The minimum Gasteiger partial charge on any atom is -0.454 e. The minimum absolute atomic E-state index is 0.0814. The molecule has 1 N–H and O–H groups in total. The highest BCUT2D eigenvalue weighted by Crippen LogP contribution is 2.34. The summed E-state index contributed by atoms with van der Waals surface area (Å²) in [5.74, 6) is 0.720. The van der Waals surface area contributed by atoms with Gasteiger partial charge in [0.15, 0.2) is 11.5 Å². The van der Waals surface area contributed by atoms with Crippen molar-refractivity contribution in [1.82, 2.24) is 5.43 Å². The van der Waals surface area contributed by atoms with E-state index in [9.17, 15) is 14.9 Å². The summed E-state index contributed by atoms with van der Waals surface area (Å²) in [6.45, 7) is 0.148. The van der Waals surface area contributed by atoms with Gasteiger partial charge in [0.1, 0.15) is 0 Å². The summed E-state index contributed by atoms with van der Waals surface area (Å²) in [6.07, 6.45) is 1.44. The van der Waals surface area contributed by atoms with E-state index in [1.165, 1.54) is 30.5 Å². The van der Waals surface area contributed by atoms with E-state index < -0.39 is 10.8 Å². The van der Waals surface area contributed by atoms with Crippen LogP contribution in [0.1, 0.15) is 15.9 Å². The van der Waals surface area contributed by atoms with Crippen molar-refractivity contribution in [3.63, 3.8) is 0 Å². The van der Waals surface area contributed by atoms with Gasteiger partial charge in [-0.25, -0.2) is 5.43 Å². The van der Waals surface area contributed by atoms with Gasteiger partial charge in [-0.15, -0.1) is 0 Å². The van der Waals surface area contributed by atoms with Crippen LogP contribution in [-0.2, 0) is 0 Å². The van der Waals surface area contributed by atoms with Crippen molar-refractivity contribution in [2.24, 2.45) is 5.10 Å². The molecule has 0 spiro atoms. The Hall–Kier alpha value is -3.42. The van der Waals surface area contributed by atoms with Crippen LogP contribution in [0.15, 0.2) is 47.6 Å². The van der Waals surface area contributed by atoms with Gasteiger partial charge in [-0.1, -0.05) is 6.07 Å². The quantitative estimate of drug-likeness (QED) is 0.529. The Bertz CT molecular complexity index is 786. The van der Waals surface area contributed by atoms with Crippen molar-refractivity contribution in [3.05, 3.63) is 63.7 Å². The first-order valence-corrected chi connectivity index (χ1v) is 6.61. The summed E-state index contributed by atoms with van der Waals surface area (Å²) in [5, 5.41) is 14.4. The second-order valence-electron chi connectivity index (χ2n) is 4.58. The minimum atomic E-state index is -0.530. The van der Waals surface area contributed by atoms with Gasteiger partial charge in [-0.05, 0) is 24.3 Å². The number of nitro groups is 1. The number of nitrogens with one attached hydrogen (secondary N) is 1. The molecule has 1 aliphatic rings. The lowest BCUT2D eigenvalue weighted by molar-refractivity contribution is -0.384. The molecule has 0 saturated carbocycles. The number of carbonyl (C=O) groups is 1. The molecule has 0 bridgehead atoms. The van der Waals surface area contributed by atoms with E-state index in [4.69, 9.17) is 9.47 Å². The number of ether oxygens (including phenoxy) is 2. The lowest BCUT2D eigenvalue weighted by Crippen LogP contribution is -2.17. The second-order valence-corrected chi connectivity index (χ2v) is 4.58. The molecule has 1 aliphatic heterocycles. The third kappa shape index (κ3) is 3.10. The Balaban J connectivity index is 1.67. The number of non-ortho nitro benzene ring substituents is 1. The number of fused-ring (bicyclic) bond motifs is 1. The third-order valence-electron chi connectivity index (χ3n) is 3.14. The molecular formula is C15H11N3O5. The first-order valence-electron chi connectivity index (χ1n) is 6.61. The fourth-order valence-corrected chi connectivity index (χ4v) is 2.01. The number of para-hydroxylation sites is 1. The number of hydrogen-bond acceptors (Lipinski definition) is 6. The standard InChI is InChI=1S/C15H11N3O5/c19-15(10-4-6-12(7-5-10)18(20)21)17-16-8-11-2-1-3-13-14(11)23-9-22-13/h1-8H,9H2,(H,17,19)/b16-8+. The van der Waals surface area contributed by atoms with Crippen molar-refractivity contribution >= 4 is 17.8 Å². The average Bonchev–Trinajstić information content (AvgIpc) is 3.04. The SMILES string of the molecule is O=C(N/N=C/c1cccc2c1OCO2)c1ccc([N+](=O)[O-])cc1. The molecule has 0 fully saturated rings. The Kier molecular flexibility index (Phi) is 3.88. The van der Waals surface area contributed by atoms with Gasteiger partial charge < -0.3 is 9.47 Å². The van der Waals surface area contributed by atoms with E-state index in [2.05, 4.69) is 10.5 Å². The monoisotopic (exact) mass is 313 g/mol. The van der Waals surface area contributed by atoms with Gasteiger partial charge in [0.05, 0.1) is 11.1 Å². The number of nitro benzene ring substituents is 1. The maximum Gasteiger partial charge on any atom is 0.271 e. The van der Waals surface area contributed by atoms with E-state index in [-0.39, 0.29) is 18.0 Å². The van der Waals surface area contributed by atoms with Gasteiger partial charge in [0.25, 0.3) is 11.6 Å². The molecule has 0 saturated heterocycles. The predicted octanol–water partition coefficient (Wildman–Crippen LogP) is 2.09. The molecule has 0 aromatic heterocycles. The summed E-state index contributed by atoms with van der Waals surface area (Å²) in [6, 6.07) is 10.6. The third-order valence-corrected chi connectivity index (χ3v) is 3.14. The zero-order valence-electron chi connectivity index (χ0n) is 11.8. The average molecular weight is 313 g/mol. The van der Waals surface area contributed by atoms with Crippen molar-refractivity contribution in [2.75, 3.05) is 6.79 Å². The summed E-state index contributed by atoms with van der Waals surface area (Å²) in [5.41, 5.74) is 3.21. The summed E-state index contributed by atoms with van der Waals surface area (Å²) < 4.78 is 10.6. The normalized spacial score (nSPS) is 12.3. The van der Waals surface area contributed by atoms with Crippen LogP contribution < -0.4 is 14.9 Å². The second kappa shape index (κ2) is 6.14. The van der Waals surface area contributed by atoms with Crippen LogP contribution in [-0.4, -0.2) is 23.8 Å². The molecule has 116 valence electrons. The van der Waals surface area contributed by atoms with Crippen LogP contribution >= 0.6 is 0 Å². The molecule has 0 unspecified atom stereocenters. The van der Waals surface area contributed by atoms with Crippen LogP contribution in [0.4, 0.5) is 5.69 Å². The number of amides is 1. The molecule has 0 radical (unpaired) electrons. The molecule has 1 heterocycles. The first-order chi connectivity index (χ1) is 11.1. The highest BCUT2D eigenvalue weighted by molar-refractivity contribution is 5.95. The smallest absolute Gasteiger partial charge is 0.271 e. The molecule has 1 amide bonds. The van der Waals surface area contributed by atoms with E-state index in [1.54, 1.807) is 18.2 Å². The van der Waals surface area contributed by atoms with Gasteiger partial charge in [0, 0.05) is 23.3 Å². The van der Waals surface area contributed by atoms with E-state index in [1.807, 2.05) is 0 Å². The van der Waals surface area contributed by atoms with E-state index >= 15 is 0 Å². The maximum atomic E-state index is 11.9. The Morgan fingerprint density at radius 2 is 2.00 bits per heavy atom. The number of benzene rings is 2. The number of nitrogens with zero attached hydrogens (tertiary/aromatic N) is 2. The van der Waals surface area contributed by atoms with Crippen molar-refractivity contribution < 1.29 is 19.2 Å². The zero-order chi connectivity index (χ0) is 16.2. The lowest BCUT2D eigenvalue weighted by Gasteiger charge is -2.01. The van der Waals surface area contributed by atoms with Crippen LogP contribution in [0.5, 0.6) is 11.5 Å². The van der Waals surface area contributed by atoms with Crippen molar-refractivity contribution in [2.45, 2.75) is 0 Å². The Labute approximate surface area is 130 Å². The molecule has 3 rings (SSSR count). The Morgan fingerprint density at radius 1 is 1.22 bits per heavy atom. The fraction of sp³-hybridized carbons (Fsp3) is 0.0667. The lowest BCUT2D eigenvalue weighted by atomic mass is 10.2. The van der Waals surface area contributed by atoms with Crippen molar-refractivity contribution in [3.8, 4) is 11.5 Å². The van der Waals surface area contributed by atoms with E-state index in [0.717, 1.165) is 0 Å². The largest absolute Gasteiger partial charge is 0.454 e. The molecule has 0 atom stereocenters. The van der Waals surface area contributed by atoms with Crippen LogP contribution in [0.2, 0.25) is 0 Å². The molecule has 2 aromatic carbocycles. The highest BCUT2D eigenvalue weighted by atomic mass is 16.7. The van der Waals surface area contributed by atoms with Crippen LogP contribution in [0, 0.1) is 10.1 Å². The molecular weight excluding hydrogens is 302 g/mol. The number of hydrogen-bond donors (Lipinski definition) is 1. The molecule has 2 aromatic rings. The van der Waals surface area contributed by atoms with E-state index in [0.29, 0.717) is 17.1 Å². The van der Waals surface area contributed by atoms with Crippen LogP contribution in [0.25, 0.3) is 0 Å². The summed E-state index contributed by atoms with van der Waals surface area (Å²) in [4.78, 5) is 21.9. The van der Waals surface area contributed by atoms with Gasteiger partial charge in [0.2, 0.25) is 6.79 Å². The topological polar surface area (TPSA) is 103 Å². The number of carbonyl (C=O) groups excluding carboxylic acids is 1. The summed E-state index contributed by atoms with van der Waals surface area (Å²) in [7, 11) is 0. The van der Waals surface area contributed by atoms with Crippen molar-refractivity contribution in [1.29, 1.82) is 0 Å². The molecule has 23 heavy (non-hydrogen) atoms. The van der Waals surface area contributed by atoms with Gasteiger partial charge >= 0.3 is 0 Å². The molecule has 8 nitrogen and oxygen atoms in total. The van der Waals surface area contributed by atoms with Gasteiger partial charge in [-0.2, -0.15) is 5.10 Å². The maximum absolute atomic E-state index is 11.9. The number of rotatable bonds is 4. The zero-order valence-corrected chi connectivity index (χ0v) is 11.8.